The van der Waals surface area contributed by atoms with Crippen LogP contribution in [0.2, 0.25) is 5.02 Å². The molecule has 5 aromatic rings. The number of rotatable bonds is 6. The van der Waals surface area contributed by atoms with E-state index in [-0.39, 0.29) is 5.56 Å². The highest BCUT2D eigenvalue weighted by atomic mass is 79.9. The molecule has 6 nitrogen and oxygen atoms in total. The maximum atomic E-state index is 13.6. The number of fused-ring (bicyclic) bond motifs is 1. The van der Waals surface area contributed by atoms with Crippen LogP contribution in [0.3, 0.4) is 0 Å². The maximum absolute atomic E-state index is 13.6. The summed E-state index contributed by atoms with van der Waals surface area (Å²) in [4.78, 5) is 23.1. The molecule has 0 fully saturated rings. The standard InChI is InChI=1S/C25H17Br2ClN4O2S/c1-34-18-8-2-14(3-9-18)21-13-35-25(30-21)29-12-22-31-23-19(10-15(26)11-20(23)27)24(33)32(22)17-6-4-16(28)5-7-17/h2-11,13H,12H2,1H3,(H,29,30). The number of anilines is 1. The Hall–Kier alpha value is -2.72. The first-order valence-corrected chi connectivity index (χ1v) is 13.3. The fraction of sp³-hybridized carbons (Fsp3) is 0.0800. The molecular formula is C25H17Br2ClN4O2S. The first kappa shape index (κ1) is 24.0. The van der Waals surface area contributed by atoms with Gasteiger partial charge in [-0.05, 0) is 76.6 Å². The van der Waals surface area contributed by atoms with Crippen molar-refractivity contribution in [2.45, 2.75) is 6.54 Å². The monoisotopic (exact) mass is 630 g/mol. The summed E-state index contributed by atoms with van der Waals surface area (Å²) in [6, 6.07) is 18.5. The van der Waals surface area contributed by atoms with Gasteiger partial charge in [0.2, 0.25) is 0 Å². The number of nitrogens with zero attached hydrogens (tertiary/aromatic N) is 3. The topological polar surface area (TPSA) is 69.0 Å². The number of thiazole rings is 1. The molecule has 0 aliphatic carbocycles. The summed E-state index contributed by atoms with van der Waals surface area (Å²) in [7, 11) is 1.64. The number of ether oxygens (including phenoxy) is 1. The molecule has 2 aromatic heterocycles. The van der Waals surface area contributed by atoms with Gasteiger partial charge >= 0.3 is 0 Å². The number of benzene rings is 3. The normalized spacial score (nSPS) is 11.1. The molecule has 2 heterocycles. The molecule has 5 rings (SSSR count). The zero-order valence-electron chi connectivity index (χ0n) is 18.3. The summed E-state index contributed by atoms with van der Waals surface area (Å²) in [5.74, 6) is 1.34. The summed E-state index contributed by atoms with van der Waals surface area (Å²) in [6.07, 6.45) is 0. The highest BCUT2D eigenvalue weighted by Gasteiger charge is 2.16. The predicted octanol–water partition coefficient (Wildman–Crippen LogP) is 7.31. The second kappa shape index (κ2) is 10.1. The molecule has 3 aromatic carbocycles. The molecule has 0 amide bonds. The number of hydrogen-bond donors (Lipinski definition) is 1. The molecule has 0 atom stereocenters. The van der Waals surface area contributed by atoms with E-state index in [2.05, 4.69) is 37.2 Å². The summed E-state index contributed by atoms with van der Waals surface area (Å²) >= 11 is 14.6. The summed E-state index contributed by atoms with van der Waals surface area (Å²) < 4.78 is 8.35. The van der Waals surface area contributed by atoms with E-state index in [1.54, 1.807) is 42.0 Å². The third-order valence-electron chi connectivity index (χ3n) is 5.33. The Morgan fingerprint density at radius 2 is 1.80 bits per heavy atom. The van der Waals surface area contributed by atoms with Gasteiger partial charge in [-0.1, -0.05) is 27.5 Å². The van der Waals surface area contributed by atoms with Crippen molar-refractivity contribution in [1.29, 1.82) is 0 Å². The van der Waals surface area contributed by atoms with E-state index in [1.807, 2.05) is 35.7 Å². The van der Waals surface area contributed by atoms with Crippen molar-refractivity contribution in [1.82, 2.24) is 14.5 Å². The van der Waals surface area contributed by atoms with Gasteiger partial charge in [-0.2, -0.15) is 0 Å². The fourth-order valence-electron chi connectivity index (χ4n) is 3.64. The van der Waals surface area contributed by atoms with Crippen molar-refractivity contribution < 1.29 is 4.74 Å². The molecule has 10 heteroatoms. The summed E-state index contributed by atoms with van der Waals surface area (Å²) in [6.45, 7) is 0.297. The zero-order chi connectivity index (χ0) is 24.5. The first-order valence-electron chi connectivity index (χ1n) is 10.4. The summed E-state index contributed by atoms with van der Waals surface area (Å²) in [5.41, 5.74) is 2.95. The Morgan fingerprint density at radius 1 is 1.06 bits per heavy atom. The van der Waals surface area contributed by atoms with Crippen molar-refractivity contribution >= 4 is 70.8 Å². The number of methoxy groups -OCH3 is 1. The van der Waals surface area contributed by atoms with Gasteiger partial charge in [0.15, 0.2) is 5.13 Å². The lowest BCUT2D eigenvalue weighted by molar-refractivity contribution is 0.415. The van der Waals surface area contributed by atoms with Gasteiger partial charge in [0.25, 0.3) is 5.56 Å². The van der Waals surface area contributed by atoms with Crippen LogP contribution in [0.5, 0.6) is 5.75 Å². The molecule has 0 saturated heterocycles. The Kier molecular flexibility index (Phi) is 6.93. The van der Waals surface area contributed by atoms with Gasteiger partial charge < -0.3 is 10.1 Å². The van der Waals surface area contributed by atoms with Crippen LogP contribution < -0.4 is 15.6 Å². The molecular weight excluding hydrogens is 616 g/mol. The third-order valence-corrected chi connectivity index (χ3v) is 7.45. The Labute approximate surface area is 226 Å². The van der Waals surface area contributed by atoms with Gasteiger partial charge in [-0.15, -0.1) is 11.3 Å². The van der Waals surface area contributed by atoms with Crippen molar-refractivity contribution in [3.05, 3.63) is 96.2 Å². The Bertz CT molecular complexity index is 1580. The van der Waals surface area contributed by atoms with Crippen molar-refractivity contribution in [2.24, 2.45) is 0 Å². The smallest absolute Gasteiger partial charge is 0.266 e. The van der Waals surface area contributed by atoms with Gasteiger partial charge in [-0.3, -0.25) is 9.36 Å². The quantitative estimate of drug-likeness (QED) is 0.213. The van der Waals surface area contributed by atoms with Crippen molar-refractivity contribution in [3.63, 3.8) is 0 Å². The molecule has 176 valence electrons. The van der Waals surface area contributed by atoms with E-state index in [9.17, 15) is 4.79 Å². The van der Waals surface area contributed by atoms with Crippen LogP contribution in [0.1, 0.15) is 5.82 Å². The fourth-order valence-corrected chi connectivity index (χ4v) is 5.80. The van der Waals surface area contributed by atoms with Crippen molar-refractivity contribution in [3.8, 4) is 22.7 Å². The van der Waals surface area contributed by atoms with E-state index < -0.39 is 0 Å². The summed E-state index contributed by atoms with van der Waals surface area (Å²) in [5, 5.41) is 7.13. The molecule has 1 N–H and O–H groups in total. The molecule has 0 spiro atoms. The second-order valence-corrected chi connectivity index (χ2v) is 10.6. The molecule has 0 saturated carbocycles. The SMILES string of the molecule is COc1ccc(-c2csc(NCc3nc4c(Br)cc(Br)cc4c(=O)n3-c3ccc(Cl)cc3)n2)cc1. The van der Waals surface area contributed by atoms with E-state index in [0.29, 0.717) is 34.0 Å². The van der Waals surface area contributed by atoms with Crippen LogP contribution in [0.4, 0.5) is 5.13 Å². The van der Waals surface area contributed by atoms with Gasteiger partial charge in [-0.25, -0.2) is 9.97 Å². The van der Waals surface area contributed by atoms with E-state index >= 15 is 0 Å². The third kappa shape index (κ3) is 4.99. The lowest BCUT2D eigenvalue weighted by Gasteiger charge is -2.15. The van der Waals surface area contributed by atoms with Crippen molar-refractivity contribution in [2.75, 3.05) is 12.4 Å². The highest BCUT2D eigenvalue weighted by Crippen LogP contribution is 2.28. The van der Waals surface area contributed by atoms with Crippen LogP contribution in [-0.4, -0.2) is 21.6 Å². The Balaban J connectivity index is 1.52. The van der Waals surface area contributed by atoms with Gasteiger partial charge in [0.1, 0.15) is 11.6 Å². The highest BCUT2D eigenvalue weighted by molar-refractivity contribution is 9.11. The van der Waals surface area contributed by atoms with Gasteiger partial charge in [0.05, 0.1) is 35.9 Å². The molecule has 0 bridgehead atoms. The Morgan fingerprint density at radius 3 is 2.51 bits per heavy atom. The largest absolute Gasteiger partial charge is 0.497 e. The second-order valence-electron chi connectivity index (χ2n) is 7.55. The molecule has 0 radical (unpaired) electrons. The number of aromatic nitrogens is 3. The zero-order valence-corrected chi connectivity index (χ0v) is 23.0. The molecule has 0 aliphatic heterocycles. The number of hydrogen-bond acceptors (Lipinski definition) is 6. The molecule has 0 aliphatic rings. The van der Waals surface area contributed by atoms with E-state index in [0.717, 1.165) is 31.1 Å². The van der Waals surface area contributed by atoms with E-state index in [4.69, 9.17) is 26.3 Å². The minimum absolute atomic E-state index is 0.172. The minimum Gasteiger partial charge on any atom is -0.497 e. The first-order chi connectivity index (χ1) is 16.9. The van der Waals surface area contributed by atoms with Crippen LogP contribution in [0.15, 0.2) is 79.8 Å². The molecule has 0 unspecified atom stereocenters. The van der Waals surface area contributed by atoms with Crippen LogP contribution in [0.25, 0.3) is 27.8 Å². The van der Waals surface area contributed by atoms with Gasteiger partial charge in [0, 0.05) is 24.9 Å². The average Bonchev–Trinajstić information content (AvgIpc) is 3.33. The number of nitrogens with one attached hydrogen (secondary N) is 1. The maximum Gasteiger partial charge on any atom is 0.266 e. The van der Waals surface area contributed by atoms with Crippen LogP contribution >= 0.6 is 54.8 Å². The van der Waals surface area contributed by atoms with E-state index in [1.165, 1.54) is 11.3 Å². The lowest BCUT2D eigenvalue weighted by Crippen LogP contribution is -2.25. The van der Waals surface area contributed by atoms with Crippen LogP contribution in [-0.2, 0) is 6.54 Å². The number of halogens is 3. The van der Waals surface area contributed by atoms with Crippen LogP contribution in [0, 0.1) is 0 Å². The predicted molar refractivity (Wildman–Crippen MR) is 149 cm³/mol. The molecule has 35 heavy (non-hydrogen) atoms. The minimum atomic E-state index is -0.172. The average molecular weight is 633 g/mol. The lowest BCUT2D eigenvalue weighted by atomic mass is 10.2.